The first-order valence-corrected chi connectivity index (χ1v) is 8.05. The van der Waals surface area contributed by atoms with Gasteiger partial charge in [0, 0.05) is 22.3 Å². The van der Waals surface area contributed by atoms with Crippen molar-refractivity contribution in [1.29, 1.82) is 0 Å². The lowest BCUT2D eigenvalue weighted by atomic mass is 9.83. The van der Waals surface area contributed by atoms with Crippen LogP contribution < -0.4 is 9.47 Å². The molecule has 4 rings (SSSR count). The monoisotopic (exact) mass is 382 g/mol. The maximum absolute atomic E-state index is 14.6. The Morgan fingerprint density at radius 1 is 0.852 bits per heavy atom. The number of hydrogen-bond donors (Lipinski definition) is 1. The summed E-state index contributed by atoms with van der Waals surface area (Å²) in [4.78, 5) is 12.4. The second-order valence-corrected chi connectivity index (χ2v) is 6.63. The number of Topliss-reactive ketones (excluding diaryl/α,β-unsaturated/α-hetero) is 1. The van der Waals surface area contributed by atoms with Crippen molar-refractivity contribution < 1.29 is 36.9 Å². The summed E-state index contributed by atoms with van der Waals surface area (Å²) < 4.78 is 67.6. The van der Waals surface area contributed by atoms with Gasteiger partial charge in [-0.3, -0.25) is 4.79 Å². The third kappa shape index (κ3) is 1.83. The number of ether oxygens (including phenoxy) is 2. The van der Waals surface area contributed by atoms with Crippen LogP contribution in [-0.4, -0.2) is 30.7 Å². The van der Waals surface area contributed by atoms with Crippen LogP contribution in [0, 0.1) is 23.3 Å². The van der Waals surface area contributed by atoms with E-state index in [4.69, 9.17) is 9.47 Å². The molecule has 2 aliphatic carbocycles. The van der Waals surface area contributed by atoms with Crippen molar-refractivity contribution in [3.63, 3.8) is 0 Å². The summed E-state index contributed by atoms with van der Waals surface area (Å²) in [6.07, 6.45) is 0. The second-order valence-electron chi connectivity index (χ2n) is 6.63. The first-order chi connectivity index (χ1) is 12.7. The molecule has 2 bridgehead atoms. The SMILES string of the molecule is COc1ccc(OC)c2c1[C@H]1c3c(F)c(F)c(F)c(F)c3[C@H]2C1(O)C(C)=O. The number of carbonyl (C=O) groups is 1. The van der Waals surface area contributed by atoms with Crippen LogP contribution in [0.5, 0.6) is 11.5 Å². The lowest BCUT2D eigenvalue weighted by molar-refractivity contribution is -0.135. The standard InChI is InChI=1S/C19H14F4O4/c1-6(24)19(25)13-9-7(26-2)4-5-8(27-3)10(9)14(19)12-11(13)15(20)17(22)18(23)16(12)21/h4-5,13-14,25H,1-3H3/t13-,14-/m0/s1. The summed E-state index contributed by atoms with van der Waals surface area (Å²) in [5.74, 6) is -10.6. The van der Waals surface area contributed by atoms with E-state index in [2.05, 4.69) is 0 Å². The summed E-state index contributed by atoms with van der Waals surface area (Å²) in [7, 11) is 2.65. The van der Waals surface area contributed by atoms with Crippen molar-refractivity contribution >= 4 is 5.78 Å². The van der Waals surface area contributed by atoms with Gasteiger partial charge in [0.15, 0.2) is 29.1 Å². The summed E-state index contributed by atoms with van der Waals surface area (Å²) in [6.45, 7) is 1.05. The molecule has 0 aromatic heterocycles. The summed E-state index contributed by atoms with van der Waals surface area (Å²) >= 11 is 0. The van der Waals surface area contributed by atoms with Crippen LogP contribution in [0.4, 0.5) is 17.6 Å². The molecule has 0 aliphatic heterocycles. The zero-order valence-corrected chi connectivity index (χ0v) is 14.5. The minimum atomic E-state index is -2.32. The number of hydrogen-bond acceptors (Lipinski definition) is 4. The van der Waals surface area contributed by atoms with Crippen molar-refractivity contribution in [1.82, 2.24) is 0 Å². The van der Waals surface area contributed by atoms with Crippen molar-refractivity contribution in [2.75, 3.05) is 14.2 Å². The van der Waals surface area contributed by atoms with Gasteiger partial charge >= 0.3 is 0 Å². The van der Waals surface area contributed by atoms with E-state index in [0.29, 0.717) is 0 Å². The van der Waals surface area contributed by atoms with Gasteiger partial charge < -0.3 is 14.6 Å². The molecule has 0 saturated heterocycles. The highest BCUT2D eigenvalue weighted by atomic mass is 19.2. The van der Waals surface area contributed by atoms with Crippen LogP contribution in [0.25, 0.3) is 0 Å². The molecule has 2 aromatic carbocycles. The van der Waals surface area contributed by atoms with Gasteiger partial charge in [-0.1, -0.05) is 0 Å². The van der Waals surface area contributed by atoms with E-state index in [1.165, 1.54) is 26.4 Å². The number of ketones is 1. The second kappa shape index (κ2) is 5.45. The van der Waals surface area contributed by atoms with Gasteiger partial charge in [-0.25, -0.2) is 17.6 Å². The van der Waals surface area contributed by atoms with Crippen LogP contribution in [0.2, 0.25) is 0 Å². The fourth-order valence-corrected chi connectivity index (χ4v) is 4.52. The first kappa shape index (κ1) is 17.8. The molecule has 2 aliphatic rings. The molecule has 0 radical (unpaired) electrons. The van der Waals surface area contributed by atoms with Gasteiger partial charge in [-0.05, 0) is 19.1 Å². The Morgan fingerprint density at radius 2 is 1.22 bits per heavy atom. The summed E-state index contributed by atoms with van der Waals surface area (Å²) in [5, 5.41) is 11.2. The smallest absolute Gasteiger partial charge is 0.197 e. The van der Waals surface area contributed by atoms with Gasteiger partial charge in [0.1, 0.15) is 17.1 Å². The summed E-state index contributed by atoms with van der Waals surface area (Å²) in [6, 6.07) is 2.96. The van der Waals surface area contributed by atoms with E-state index < -0.39 is 57.6 Å². The highest BCUT2D eigenvalue weighted by Crippen LogP contribution is 2.67. The van der Waals surface area contributed by atoms with Crippen LogP contribution >= 0.6 is 0 Å². The Kier molecular flexibility index (Phi) is 3.59. The number of methoxy groups -OCH3 is 2. The largest absolute Gasteiger partial charge is 0.496 e. The Hall–Kier alpha value is -2.61. The predicted octanol–water partition coefficient (Wildman–Crippen LogP) is 3.17. The average molecular weight is 382 g/mol. The predicted molar refractivity (Wildman–Crippen MR) is 85.1 cm³/mol. The molecule has 8 heteroatoms. The van der Waals surface area contributed by atoms with Gasteiger partial charge in [-0.15, -0.1) is 0 Å². The zero-order chi connectivity index (χ0) is 19.8. The molecule has 1 N–H and O–H groups in total. The maximum atomic E-state index is 14.6. The van der Waals surface area contributed by atoms with E-state index in [1.54, 1.807) is 0 Å². The molecule has 0 unspecified atom stereocenters. The number of aliphatic hydroxyl groups is 1. The van der Waals surface area contributed by atoms with E-state index in [-0.39, 0.29) is 22.6 Å². The lowest BCUT2D eigenvalue weighted by Gasteiger charge is -2.25. The van der Waals surface area contributed by atoms with Gasteiger partial charge in [0.2, 0.25) is 0 Å². The summed E-state index contributed by atoms with van der Waals surface area (Å²) in [5.41, 5.74) is -3.09. The van der Waals surface area contributed by atoms with Gasteiger partial charge in [-0.2, -0.15) is 0 Å². The topological polar surface area (TPSA) is 55.8 Å². The Labute approximate surface area is 151 Å². The Bertz CT molecular complexity index is 948. The maximum Gasteiger partial charge on any atom is 0.197 e. The number of fused-ring (bicyclic) bond motifs is 8. The fourth-order valence-electron chi connectivity index (χ4n) is 4.52. The molecule has 0 amide bonds. The first-order valence-electron chi connectivity index (χ1n) is 8.05. The molecule has 4 nitrogen and oxygen atoms in total. The minimum absolute atomic E-state index is 0.188. The molecule has 0 saturated carbocycles. The minimum Gasteiger partial charge on any atom is -0.496 e. The molecule has 27 heavy (non-hydrogen) atoms. The van der Waals surface area contributed by atoms with Crippen molar-refractivity contribution in [2.24, 2.45) is 0 Å². The van der Waals surface area contributed by atoms with E-state index in [9.17, 15) is 27.5 Å². The third-order valence-electron chi connectivity index (χ3n) is 5.59. The lowest BCUT2D eigenvalue weighted by Crippen LogP contribution is -2.41. The molecule has 0 fully saturated rings. The zero-order valence-electron chi connectivity index (χ0n) is 14.5. The Morgan fingerprint density at radius 3 is 1.52 bits per heavy atom. The Balaban J connectivity index is 2.19. The molecular formula is C19H14F4O4. The molecule has 2 atom stereocenters. The molecule has 0 spiro atoms. The number of carbonyl (C=O) groups excluding carboxylic acids is 1. The normalized spacial score (nSPS) is 24.6. The van der Waals surface area contributed by atoms with Crippen molar-refractivity contribution in [3.8, 4) is 11.5 Å². The number of rotatable bonds is 3. The third-order valence-corrected chi connectivity index (χ3v) is 5.59. The van der Waals surface area contributed by atoms with Gasteiger partial charge in [0.05, 0.1) is 26.1 Å². The van der Waals surface area contributed by atoms with Crippen molar-refractivity contribution in [2.45, 2.75) is 24.4 Å². The van der Waals surface area contributed by atoms with Crippen LogP contribution in [0.1, 0.15) is 41.0 Å². The van der Waals surface area contributed by atoms with E-state index >= 15 is 0 Å². The highest BCUT2D eigenvalue weighted by molar-refractivity contribution is 5.94. The number of benzene rings is 2. The molecular weight excluding hydrogens is 368 g/mol. The van der Waals surface area contributed by atoms with Crippen molar-refractivity contribution in [3.05, 3.63) is 57.7 Å². The van der Waals surface area contributed by atoms with Crippen LogP contribution in [0.3, 0.4) is 0 Å². The quantitative estimate of drug-likeness (QED) is 0.503. The average Bonchev–Trinajstić information content (AvgIpc) is 3.09. The number of halogens is 4. The van der Waals surface area contributed by atoms with E-state index in [0.717, 1.165) is 6.92 Å². The van der Waals surface area contributed by atoms with E-state index in [1.807, 2.05) is 0 Å². The molecule has 2 aromatic rings. The highest BCUT2D eigenvalue weighted by Gasteiger charge is 2.66. The van der Waals surface area contributed by atoms with Crippen LogP contribution in [-0.2, 0) is 4.79 Å². The molecule has 142 valence electrons. The van der Waals surface area contributed by atoms with Gasteiger partial charge in [0.25, 0.3) is 0 Å². The fraction of sp³-hybridized carbons (Fsp3) is 0.316. The van der Waals surface area contributed by atoms with Crippen LogP contribution in [0.15, 0.2) is 12.1 Å². The molecule has 0 heterocycles.